The van der Waals surface area contributed by atoms with Gasteiger partial charge in [0.15, 0.2) is 11.4 Å². The third-order valence-corrected chi connectivity index (χ3v) is 8.97. The molecule has 3 aliphatic rings. The summed E-state index contributed by atoms with van der Waals surface area (Å²) >= 11 is 6.14. The number of benzene rings is 1. The molecule has 1 N–H and O–H groups in total. The zero-order valence-electron chi connectivity index (χ0n) is 23.0. The van der Waals surface area contributed by atoms with E-state index in [2.05, 4.69) is 27.0 Å². The first-order valence-corrected chi connectivity index (χ1v) is 15.0. The van der Waals surface area contributed by atoms with Crippen LogP contribution in [0.25, 0.3) is 16.6 Å². The van der Waals surface area contributed by atoms with Gasteiger partial charge < -0.3 is 14.6 Å². The van der Waals surface area contributed by atoms with E-state index in [0.29, 0.717) is 29.7 Å². The fraction of sp³-hybridized carbons (Fsp3) is 0.344. The number of halogens is 1. The summed E-state index contributed by atoms with van der Waals surface area (Å²) in [4.78, 5) is 36.9. The van der Waals surface area contributed by atoms with Crippen LogP contribution in [0.15, 0.2) is 61.2 Å². The number of imidazole rings is 1. The zero-order valence-corrected chi connectivity index (χ0v) is 23.8. The minimum absolute atomic E-state index is 0.00844. The number of hydrogen-bond donors (Lipinski definition) is 1. The van der Waals surface area contributed by atoms with Crippen molar-refractivity contribution in [2.24, 2.45) is 5.92 Å². The van der Waals surface area contributed by atoms with Crippen molar-refractivity contribution in [3.05, 3.63) is 83.0 Å². The van der Waals surface area contributed by atoms with Gasteiger partial charge in [0.05, 0.1) is 35.4 Å². The number of Topliss-reactive ketones (excluding diaryl/α,β-unsaturated/α-hetero) is 1. The average molecular weight is 580 g/mol. The van der Waals surface area contributed by atoms with Crippen LogP contribution in [0, 0.1) is 5.92 Å². The van der Waals surface area contributed by atoms with Gasteiger partial charge in [0.1, 0.15) is 5.82 Å². The molecule has 1 aromatic carbocycles. The Morgan fingerprint density at radius 2 is 2.00 bits per heavy atom. The molecule has 1 aliphatic heterocycles. The summed E-state index contributed by atoms with van der Waals surface area (Å²) in [5.41, 5.74) is 5.77. The second-order valence-electron chi connectivity index (χ2n) is 11.8. The lowest BCUT2D eigenvalue weighted by Crippen LogP contribution is -2.24. The monoisotopic (exact) mass is 579 g/mol. The van der Waals surface area contributed by atoms with Crippen molar-refractivity contribution in [2.45, 2.75) is 50.5 Å². The molecule has 0 bridgehead atoms. The highest BCUT2D eigenvalue weighted by Gasteiger charge is 2.43. The predicted octanol–water partition coefficient (Wildman–Crippen LogP) is 5.57. The molecule has 3 fully saturated rings. The molecule has 42 heavy (non-hydrogen) atoms. The minimum Gasteiger partial charge on any atom is -0.362 e. The van der Waals surface area contributed by atoms with Crippen molar-refractivity contribution in [3.63, 3.8) is 0 Å². The topological polar surface area (TPSA) is 97.4 Å². The molecule has 2 atom stereocenters. The van der Waals surface area contributed by atoms with E-state index in [9.17, 15) is 9.59 Å². The van der Waals surface area contributed by atoms with E-state index in [1.165, 1.54) is 18.4 Å². The van der Waals surface area contributed by atoms with Gasteiger partial charge in [-0.1, -0.05) is 23.7 Å². The van der Waals surface area contributed by atoms with Crippen LogP contribution in [0.3, 0.4) is 0 Å². The molecule has 0 unspecified atom stereocenters. The van der Waals surface area contributed by atoms with Crippen LogP contribution in [0.2, 0.25) is 5.02 Å². The normalized spacial score (nSPS) is 20.1. The van der Waals surface area contributed by atoms with Crippen LogP contribution < -0.4 is 10.2 Å². The molecular formula is C32H30ClN7O2. The first-order valence-electron chi connectivity index (χ1n) is 14.7. The second-order valence-corrected chi connectivity index (χ2v) is 12.2. The molecule has 1 saturated heterocycles. The van der Waals surface area contributed by atoms with Crippen LogP contribution in [0.1, 0.15) is 60.8 Å². The molecule has 0 radical (unpaired) electrons. The minimum atomic E-state index is 0.00844. The van der Waals surface area contributed by atoms with Crippen LogP contribution in [-0.2, 0) is 16.1 Å². The molecule has 0 spiro atoms. The SMILES string of the molecule is O=C(CNc1nccc2nn(Cc3cn4cc(C5CC5)cc(N5CCCC5=O)c4n3)cc12)[C@H]1C[C@@H]1c1cccc(Cl)c1. The maximum Gasteiger partial charge on any atom is 0.227 e. The molecule has 8 rings (SSSR count). The molecule has 2 saturated carbocycles. The summed E-state index contributed by atoms with van der Waals surface area (Å²) in [5, 5.41) is 9.58. The Balaban J connectivity index is 1.01. The van der Waals surface area contributed by atoms with Gasteiger partial charge >= 0.3 is 0 Å². The Labute approximate surface area is 247 Å². The van der Waals surface area contributed by atoms with E-state index in [1.54, 1.807) is 6.20 Å². The number of nitrogens with one attached hydrogen (secondary N) is 1. The molecule has 9 nitrogen and oxygen atoms in total. The summed E-state index contributed by atoms with van der Waals surface area (Å²) < 4.78 is 3.93. The summed E-state index contributed by atoms with van der Waals surface area (Å²) in [6, 6.07) is 11.8. The van der Waals surface area contributed by atoms with Gasteiger partial charge in [-0.25, -0.2) is 9.97 Å². The lowest BCUT2D eigenvalue weighted by atomic mass is 10.1. The van der Waals surface area contributed by atoms with E-state index in [-0.39, 0.29) is 30.1 Å². The number of aromatic nitrogens is 5. The van der Waals surface area contributed by atoms with Crippen LogP contribution in [-0.4, -0.2) is 48.9 Å². The van der Waals surface area contributed by atoms with E-state index in [4.69, 9.17) is 21.7 Å². The van der Waals surface area contributed by atoms with Crippen LogP contribution in [0.4, 0.5) is 11.5 Å². The van der Waals surface area contributed by atoms with E-state index < -0.39 is 0 Å². The Hall–Kier alpha value is -4.24. The molecule has 10 heteroatoms. The van der Waals surface area contributed by atoms with Gasteiger partial charge in [-0.15, -0.1) is 0 Å². The standard InChI is InChI=1S/C32H30ClN7O2/c33-22-4-1-3-20(11-22)24-13-25(24)29(41)14-35-31-26-18-39(37-27(26)8-9-34-31)17-23-16-38-15-21(19-6-7-19)12-28(32(38)36-23)40-10-2-5-30(40)42/h1,3-4,8-9,11-12,15-16,18-19,24-25H,2,5-7,10,13-14,17H2,(H,34,35)/t24-,25+/m1/s1. The first-order chi connectivity index (χ1) is 20.5. The number of carbonyl (C=O) groups is 2. The van der Waals surface area contributed by atoms with Crippen molar-refractivity contribution < 1.29 is 9.59 Å². The largest absolute Gasteiger partial charge is 0.362 e. The van der Waals surface area contributed by atoms with Crippen molar-refractivity contribution in [3.8, 4) is 0 Å². The van der Waals surface area contributed by atoms with Gasteiger partial charge in [-0.05, 0) is 72.9 Å². The average Bonchev–Trinajstić information content (AvgIpc) is 3.87. The fourth-order valence-corrected chi connectivity index (χ4v) is 6.51. The fourth-order valence-electron chi connectivity index (χ4n) is 6.31. The number of pyridine rings is 2. The number of ketones is 1. The third kappa shape index (κ3) is 4.71. The highest BCUT2D eigenvalue weighted by atomic mass is 35.5. The second kappa shape index (κ2) is 9.94. The molecule has 2 aliphatic carbocycles. The van der Waals surface area contributed by atoms with E-state index in [0.717, 1.165) is 52.9 Å². The number of fused-ring (bicyclic) bond motifs is 2. The number of anilines is 2. The Morgan fingerprint density at radius 3 is 2.81 bits per heavy atom. The third-order valence-electron chi connectivity index (χ3n) is 8.73. The highest BCUT2D eigenvalue weighted by molar-refractivity contribution is 6.30. The molecule has 1 amide bonds. The molecular weight excluding hydrogens is 550 g/mol. The zero-order chi connectivity index (χ0) is 28.4. The molecule has 4 aromatic heterocycles. The Morgan fingerprint density at radius 1 is 1.10 bits per heavy atom. The number of amides is 1. The quantitative estimate of drug-likeness (QED) is 0.245. The Kier molecular flexibility index (Phi) is 6.03. The highest BCUT2D eigenvalue weighted by Crippen LogP contribution is 2.48. The number of hydrogen-bond acceptors (Lipinski definition) is 6. The molecule has 212 valence electrons. The Bertz CT molecular complexity index is 1870. The summed E-state index contributed by atoms with van der Waals surface area (Å²) in [6.07, 6.45) is 12.6. The van der Waals surface area contributed by atoms with Gasteiger partial charge in [0.25, 0.3) is 0 Å². The maximum absolute atomic E-state index is 12.9. The van der Waals surface area contributed by atoms with E-state index >= 15 is 0 Å². The van der Waals surface area contributed by atoms with Gasteiger partial charge in [-0.2, -0.15) is 5.10 Å². The lowest BCUT2D eigenvalue weighted by molar-refractivity contribution is -0.119. The number of rotatable bonds is 9. The van der Waals surface area contributed by atoms with E-state index in [1.807, 2.05) is 52.3 Å². The molecule has 5 heterocycles. The van der Waals surface area contributed by atoms with Crippen LogP contribution in [0.5, 0.6) is 0 Å². The maximum atomic E-state index is 12.9. The smallest absolute Gasteiger partial charge is 0.227 e. The van der Waals surface area contributed by atoms with Gasteiger partial charge in [0, 0.05) is 48.7 Å². The predicted molar refractivity (Wildman–Crippen MR) is 161 cm³/mol. The van der Waals surface area contributed by atoms with Crippen molar-refractivity contribution >= 4 is 51.3 Å². The van der Waals surface area contributed by atoms with Crippen molar-refractivity contribution in [2.75, 3.05) is 23.3 Å². The number of nitrogens with zero attached hydrogens (tertiary/aromatic N) is 6. The van der Waals surface area contributed by atoms with Crippen LogP contribution >= 0.6 is 11.6 Å². The molecule has 5 aromatic rings. The summed E-state index contributed by atoms with van der Waals surface area (Å²) in [7, 11) is 0. The van der Waals surface area contributed by atoms with Gasteiger partial charge in [-0.3, -0.25) is 14.3 Å². The first kappa shape index (κ1) is 25.5. The summed E-state index contributed by atoms with van der Waals surface area (Å²) in [5.74, 6) is 1.80. The van der Waals surface area contributed by atoms with Crippen molar-refractivity contribution in [1.82, 2.24) is 24.1 Å². The summed E-state index contributed by atoms with van der Waals surface area (Å²) in [6.45, 7) is 1.43. The van der Waals surface area contributed by atoms with Gasteiger partial charge in [0.2, 0.25) is 5.91 Å². The lowest BCUT2D eigenvalue weighted by Gasteiger charge is -2.17. The number of carbonyl (C=O) groups excluding carboxylic acids is 2. The van der Waals surface area contributed by atoms with Crippen molar-refractivity contribution in [1.29, 1.82) is 0 Å².